The van der Waals surface area contributed by atoms with Crippen LogP contribution in [0.5, 0.6) is 0 Å². The Morgan fingerprint density at radius 1 is 1.19 bits per heavy atom. The lowest BCUT2D eigenvalue weighted by Gasteiger charge is -2.21. The molecule has 2 aliphatic rings. The topological polar surface area (TPSA) is 28.4 Å². The second-order valence-corrected chi connectivity index (χ2v) is 7.47. The zero-order valence-corrected chi connectivity index (χ0v) is 13.6. The third kappa shape index (κ3) is 5.15. The van der Waals surface area contributed by atoms with E-state index >= 15 is 0 Å². The molecule has 1 N–H and O–H groups in total. The Labute approximate surface area is 129 Å². The molecule has 1 aromatic heterocycles. The molecule has 1 aromatic rings. The summed E-state index contributed by atoms with van der Waals surface area (Å²) in [6, 6.07) is 2.13. The van der Waals surface area contributed by atoms with Gasteiger partial charge in [0.1, 0.15) is 5.76 Å². The predicted octanol–water partition coefficient (Wildman–Crippen LogP) is 3.65. The van der Waals surface area contributed by atoms with Gasteiger partial charge in [0.15, 0.2) is 0 Å². The highest BCUT2D eigenvalue weighted by Crippen LogP contribution is 2.34. The zero-order chi connectivity index (χ0) is 14.7. The molecule has 0 atom stereocenters. The lowest BCUT2D eigenvalue weighted by Crippen LogP contribution is -2.28. The Hall–Kier alpha value is -0.800. The zero-order valence-electron chi connectivity index (χ0n) is 13.6. The first kappa shape index (κ1) is 15.1. The van der Waals surface area contributed by atoms with Gasteiger partial charge in [-0.3, -0.25) is 4.90 Å². The van der Waals surface area contributed by atoms with Crippen molar-refractivity contribution in [2.24, 2.45) is 17.8 Å². The van der Waals surface area contributed by atoms with Gasteiger partial charge < -0.3 is 9.73 Å². The van der Waals surface area contributed by atoms with E-state index in [2.05, 4.69) is 30.1 Å². The van der Waals surface area contributed by atoms with Gasteiger partial charge in [0.25, 0.3) is 0 Å². The van der Waals surface area contributed by atoms with Crippen molar-refractivity contribution in [1.82, 2.24) is 10.2 Å². The van der Waals surface area contributed by atoms with E-state index in [-0.39, 0.29) is 0 Å². The number of nitrogens with one attached hydrogen (secondary N) is 1. The van der Waals surface area contributed by atoms with Crippen molar-refractivity contribution in [3.8, 4) is 0 Å². The number of hydrogen-bond acceptors (Lipinski definition) is 3. The molecule has 0 unspecified atom stereocenters. The van der Waals surface area contributed by atoms with Crippen LogP contribution in [-0.2, 0) is 13.1 Å². The van der Waals surface area contributed by atoms with E-state index in [0.29, 0.717) is 5.92 Å². The molecule has 2 saturated carbocycles. The predicted molar refractivity (Wildman–Crippen MR) is 86.0 cm³/mol. The van der Waals surface area contributed by atoms with Crippen molar-refractivity contribution >= 4 is 0 Å². The molecule has 118 valence electrons. The van der Waals surface area contributed by atoms with E-state index in [4.69, 9.17) is 4.42 Å². The average Bonchev–Trinajstić information content (AvgIpc) is 3.34. The highest BCUT2D eigenvalue weighted by atomic mass is 16.3. The number of furan rings is 1. The molecular formula is C18H30N2O. The lowest BCUT2D eigenvalue weighted by molar-refractivity contribution is 0.224. The average molecular weight is 290 g/mol. The van der Waals surface area contributed by atoms with Gasteiger partial charge in [0.2, 0.25) is 0 Å². The van der Waals surface area contributed by atoms with Gasteiger partial charge in [-0.2, -0.15) is 0 Å². The van der Waals surface area contributed by atoms with Crippen LogP contribution in [-0.4, -0.2) is 24.5 Å². The van der Waals surface area contributed by atoms with Crippen LogP contribution < -0.4 is 5.32 Å². The number of nitrogens with zero attached hydrogens (tertiary/aromatic N) is 1. The Kier molecular flexibility index (Phi) is 5.02. The minimum Gasteiger partial charge on any atom is -0.468 e. The summed E-state index contributed by atoms with van der Waals surface area (Å²) in [5, 5.41) is 3.53. The molecule has 0 bridgehead atoms. The summed E-state index contributed by atoms with van der Waals surface area (Å²) in [5.74, 6) is 3.79. The molecule has 2 aliphatic carbocycles. The molecule has 3 nitrogen and oxygen atoms in total. The fourth-order valence-electron chi connectivity index (χ4n) is 2.90. The van der Waals surface area contributed by atoms with E-state index in [1.165, 1.54) is 50.1 Å². The van der Waals surface area contributed by atoms with Crippen LogP contribution in [0.15, 0.2) is 16.7 Å². The van der Waals surface area contributed by atoms with Crippen molar-refractivity contribution in [3.05, 3.63) is 23.7 Å². The Morgan fingerprint density at radius 3 is 2.43 bits per heavy atom. The van der Waals surface area contributed by atoms with Crippen LogP contribution in [0.2, 0.25) is 0 Å². The van der Waals surface area contributed by atoms with Crippen molar-refractivity contribution < 1.29 is 4.42 Å². The maximum absolute atomic E-state index is 5.77. The van der Waals surface area contributed by atoms with Crippen molar-refractivity contribution in [2.75, 3.05) is 19.6 Å². The van der Waals surface area contributed by atoms with Gasteiger partial charge in [-0.05, 0) is 56.0 Å². The Morgan fingerprint density at radius 2 is 1.86 bits per heavy atom. The summed E-state index contributed by atoms with van der Waals surface area (Å²) < 4.78 is 5.77. The first-order chi connectivity index (χ1) is 10.2. The fraction of sp³-hybridized carbons (Fsp3) is 0.778. The Bertz CT molecular complexity index is 418. The minimum atomic E-state index is 0.696. The largest absolute Gasteiger partial charge is 0.468 e. The van der Waals surface area contributed by atoms with Crippen LogP contribution in [0, 0.1) is 17.8 Å². The van der Waals surface area contributed by atoms with E-state index in [0.717, 1.165) is 31.5 Å². The monoisotopic (exact) mass is 290 g/mol. The van der Waals surface area contributed by atoms with Gasteiger partial charge in [0, 0.05) is 25.2 Å². The standard InChI is InChI=1S/C18H30N2O/c1-14(2)9-19-10-17-7-8-21-18(17)13-20(11-15-3-4-15)12-16-5-6-16/h7-8,14-16,19H,3-6,9-13H2,1-2H3. The van der Waals surface area contributed by atoms with Gasteiger partial charge in [-0.25, -0.2) is 0 Å². The maximum Gasteiger partial charge on any atom is 0.122 e. The summed E-state index contributed by atoms with van der Waals surface area (Å²) in [6.45, 7) is 10.0. The molecule has 2 fully saturated rings. The van der Waals surface area contributed by atoms with Gasteiger partial charge in [-0.15, -0.1) is 0 Å². The molecule has 0 spiro atoms. The first-order valence-electron chi connectivity index (χ1n) is 8.69. The number of rotatable bonds is 10. The van der Waals surface area contributed by atoms with Crippen molar-refractivity contribution in [2.45, 2.75) is 52.6 Å². The normalized spacial score (nSPS) is 18.9. The van der Waals surface area contributed by atoms with Gasteiger partial charge >= 0.3 is 0 Å². The highest BCUT2D eigenvalue weighted by molar-refractivity contribution is 5.17. The first-order valence-corrected chi connectivity index (χ1v) is 8.69. The second-order valence-electron chi connectivity index (χ2n) is 7.47. The third-order valence-corrected chi connectivity index (χ3v) is 4.50. The molecule has 3 rings (SSSR count). The maximum atomic E-state index is 5.77. The van der Waals surface area contributed by atoms with E-state index < -0.39 is 0 Å². The van der Waals surface area contributed by atoms with Crippen molar-refractivity contribution in [1.29, 1.82) is 0 Å². The molecule has 21 heavy (non-hydrogen) atoms. The quantitative estimate of drug-likeness (QED) is 0.713. The fourth-order valence-corrected chi connectivity index (χ4v) is 2.90. The summed E-state index contributed by atoms with van der Waals surface area (Å²) in [7, 11) is 0. The SMILES string of the molecule is CC(C)CNCc1ccoc1CN(CC1CC1)CC1CC1. The van der Waals surface area contributed by atoms with E-state index in [1.54, 1.807) is 0 Å². The van der Waals surface area contributed by atoms with Crippen LogP contribution in [0.25, 0.3) is 0 Å². The molecule has 0 aromatic carbocycles. The third-order valence-electron chi connectivity index (χ3n) is 4.50. The minimum absolute atomic E-state index is 0.696. The summed E-state index contributed by atoms with van der Waals surface area (Å²) in [4.78, 5) is 2.64. The second kappa shape index (κ2) is 6.97. The van der Waals surface area contributed by atoms with Gasteiger partial charge in [0.05, 0.1) is 12.8 Å². The van der Waals surface area contributed by atoms with Crippen LogP contribution >= 0.6 is 0 Å². The molecule has 3 heteroatoms. The molecule has 0 saturated heterocycles. The molecule has 1 heterocycles. The summed E-state index contributed by atoms with van der Waals surface area (Å²) >= 11 is 0. The lowest BCUT2D eigenvalue weighted by atomic mass is 10.2. The summed E-state index contributed by atoms with van der Waals surface area (Å²) in [5.41, 5.74) is 1.34. The van der Waals surface area contributed by atoms with E-state index in [1.807, 2.05) is 6.26 Å². The smallest absolute Gasteiger partial charge is 0.122 e. The van der Waals surface area contributed by atoms with Gasteiger partial charge in [-0.1, -0.05) is 13.8 Å². The number of hydrogen-bond donors (Lipinski definition) is 1. The van der Waals surface area contributed by atoms with Crippen LogP contribution in [0.1, 0.15) is 50.9 Å². The molecule has 0 amide bonds. The van der Waals surface area contributed by atoms with Crippen LogP contribution in [0.3, 0.4) is 0 Å². The highest BCUT2D eigenvalue weighted by Gasteiger charge is 2.29. The molecule has 0 aliphatic heterocycles. The summed E-state index contributed by atoms with van der Waals surface area (Å²) in [6.07, 6.45) is 7.59. The van der Waals surface area contributed by atoms with Crippen molar-refractivity contribution in [3.63, 3.8) is 0 Å². The van der Waals surface area contributed by atoms with E-state index in [9.17, 15) is 0 Å². The molecular weight excluding hydrogens is 260 g/mol. The van der Waals surface area contributed by atoms with Crippen LogP contribution in [0.4, 0.5) is 0 Å². The Balaban J connectivity index is 1.52. The molecule has 0 radical (unpaired) electrons.